The van der Waals surface area contributed by atoms with Gasteiger partial charge in [-0.2, -0.15) is 0 Å². The normalized spacial score (nSPS) is 35.2. The van der Waals surface area contributed by atoms with Crippen LogP contribution in [0.3, 0.4) is 0 Å². The summed E-state index contributed by atoms with van der Waals surface area (Å²) >= 11 is 0. The number of aliphatic hydroxyl groups is 1. The molecule has 40 heavy (non-hydrogen) atoms. The van der Waals surface area contributed by atoms with Crippen LogP contribution in [0.25, 0.3) is 0 Å². The van der Waals surface area contributed by atoms with Crippen molar-refractivity contribution in [1.82, 2.24) is 9.80 Å². The number of aromatic hydroxyl groups is 1. The zero-order valence-corrected chi connectivity index (χ0v) is 22.0. The number of nitrogens with one attached hydrogen (secondary N) is 1. The molecule has 5 aliphatic rings. The third-order valence-electron chi connectivity index (χ3n) is 9.34. The second-order valence-electron chi connectivity index (χ2n) is 11.7. The number of hydrogen-bond donors (Lipinski definition) is 4. The number of ketones is 3. The number of halogens is 1. The number of nitrogens with zero attached hydrogens (tertiary/aromatic N) is 3. The maximum atomic E-state index is 16.2. The molecule has 12 nitrogen and oxygen atoms in total. The molecule has 7 atom stereocenters. The maximum Gasteiger partial charge on any atom is 0.249 e. The number of aliphatic imine (C=N–C) groups is 1. The van der Waals surface area contributed by atoms with Gasteiger partial charge in [-0.3, -0.25) is 38.8 Å². The highest BCUT2D eigenvalue weighted by Gasteiger charge is 2.62. The molecule has 6 rings (SSSR count). The molecule has 2 fully saturated rings. The number of fused-ring (bicyclic) bond motifs is 5. The molecule has 0 aromatic heterocycles. The zero-order chi connectivity index (χ0) is 28.8. The van der Waals surface area contributed by atoms with Gasteiger partial charge < -0.3 is 21.3 Å². The van der Waals surface area contributed by atoms with Crippen LogP contribution in [0.2, 0.25) is 0 Å². The van der Waals surface area contributed by atoms with Crippen molar-refractivity contribution in [1.29, 1.82) is 0 Å². The molecular weight excluding hydrogens is 525 g/mol. The van der Waals surface area contributed by atoms with Crippen molar-refractivity contribution in [2.45, 2.75) is 56.0 Å². The largest absolute Gasteiger partial charge is 0.505 e. The minimum absolute atomic E-state index is 0.0353. The van der Waals surface area contributed by atoms with Gasteiger partial charge in [0.1, 0.15) is 5.82 Å². The standard InChI is InChI=1S/C27H30FN5O7/c1-32(2)20-13-7-10-6-11-16(21(34)15(10)24(37)27(13,40)9-30-19(23(20)36)25(29)38)22(35)18-12(17(11)28)8-33-5-3-4-14(33)26(39)31-18/h9-10,13-15,19-20,35,40H,3-8H2,1-2H3,(H2,29,38)(H,31,39). The average molecular weight is 556 g/mol. The lowest BCUT2D eigenvalue weighted by Crippen LogP contribution is -2.64. The highest BCUT2D eigenvalue weighted by atomic mass is 19.1. The quantitative estimate of drug-likeness (QED) is 0.267. The van der Waals surface area contributed by atoms with Crippen LogP contribution in [-0.2, 0) is 32.1 Å². The number of rotatable bonds is 2. The summed E-state index contributed by atoms with van der Waals surface area (Å²) in [6.07, 6.45) is 2.04. The Morgan fingerprint density at radius 2 is 1.98 bits per heavy atom. The number of carbonyl (C=O) groups is 5. The maximum absolute atomic E-state index is 16.2. The van der Waals surface area contributed by atoms with E-state index in [0.29, 0.717) is 13.0 Å². The topological polar surface area (TPSA) is 183 Å². The van der Waals surface area contributed by atoms with Crippen LogP contribution in [0, 0.1) is 23.6 Å². The molecule has 1 aromatic rings. The van der Waals surface area contributed by atoms with Crippen molar-refractivity contribution in [2.24, 2.45) is 28.5 Å². The number of nitrogens with two attached hydrogens (primary N) is 1. The molecule has 2 aliphatic carbocycles. The lowest BCUT2D eigenvalue weighted by atomic mass is 9.57. The van der Waals surface area contributed by atoms with E-state index >= 15 is 4.39 Å². The minimum Gasteiger partial charge on any atom is -0.505 e. The third-order valence-corrected chi connectivity index (χ3v) is 9.34. The summed E-state index contributed by atoms with van der Waals surface area (Å²) in [5, 5.41) is 25.5. The molecule has 3 heterocycles. The second-order valence-corrected chi connectivity index (χ2v) is 11.7. The Morgan fingerprint density at radius 1 is 1.25 bits per heavy atom. The second kappa shape index (κ2) is 8.98. The number of primary amides is 1. The van der Waals surface area contributed by atoms with Crippen LogP contribution in [0.5, 0.6) is 5.75 Å². The molecule has 2 amide bonds. The molecule has 5 N–H and O–H groups in total. The minimum atomic E-state index is -2.39. The molecule has 0 bridgehead atoms. The molecule has 0 radical (unpaired) electrons. The summed E-state index contributed by atoms with van der Waals surface area (Å²) < 4.78 is 16.2. The monoisotopic (exact) mass is 555 g/mol. The number of benzene rings is 1. The van der Waals surface area contributed by atoms with Crippen LogP contribution in [-0.4, -0.2) is 99.8 Å². The van der Waals surface area contributed by atoms with E-state index in [1.165, 1.54) is 4.90 Å². The van der Waals surface area contributed by atoms with Gasteiger partial charge in [-0.15, -0.1) is 0 Å². The predicted octanol–water partition coefficient (Wildman–Crippen LogP) is -0.823. The van der Waals surface area contributed by atoms with E-state index in [2.05, 4.69) is 10.3 Å². The molecule has 3 aliphatic heterocycles. The molecule has 212 valence electrons. The van der Waals surface area contributed by atoms with Gasteiger partial charge in [-0.1, -0.05) is 0 Å². The van der Waals surface area contributed by atoms with Gasteiger partial charge >= 0.3 is 0 Å². The summed E-state index contributed by atoms with van der Waals surface area (Å²) in [4.78, 5) is 73.0. The average Bonchev–Trinajstić information content (AvgIpc) is 3.25. The summed E-state index contributed by atoms with van der Waals surface area (Å²) in [6.45, 7) is 0.651. The van der Waals surface area contributed by atoms with E-state index in [-0.39, 0.29) is 36.2 Å². The number of hydrogen-bond acceptors (Lipinski definition) is 10. The Morgan fingerprint density at radius 3 is 2.65 bits per heavy atom. The molecule has 1 saturated carbocycles. The molecule has 1 saturated heterocycles. The highest BCUT2D eigenvalue weighted by molar-refractivity contribution is 6.22. The van der Waals surface area contributed by atoms with E-state index in [4.69, 9.17) is 5.73 Å². The number of phenols is 1. The van der Waals surface area contributed by atoms with Crippen molar-refractivity contribution in [3.63, 3.8) is 0 Å². The predicted molar refractivity (Wildman–Crippen MR) is 137 cm³/mol. The van der Waals surface area contributed by atoms with E-state index in [1.54, 1.807) is 14.1 Å². The number of anilines is 1. The van der Waals surface area contributed by atoms with Crippen LogP contribution in [0.1, 0.15) is 40.7 Å². The first kappa shape index (κ1) is 26.7. The van der Waals surface area contributed by atoms with Crippen LogP contribution >= 0.6 is 0 Å². The Labute approximate surface area is 228 Å². The van der Waals surface area contributed by atoms with Crippen LogP contribution < -0.4 is 11.1 Å². The van der Waals surface area contributed by atoms with Gasteiger partial charge in [0.25, 0.3) is 0 Å². The first-order valence-electron chi connectivity index (χ1n) is 13.3. The van der Waals surface area contributed by atoms with Gasteiger partial charge in [-0.25, -0.2) is 4.39 Å². The van der Waals surface area contributed by atoms with Gasteiger partial charge in [0.2, 0.25) is 11.8 Å². The fraction of sp³-hybridized carbons (Fsp3) is 0.556. The fourth-order valence-corrected chi connectivity index (χ4v) is 7.49. The lowest BCUT2D eigenvalue weighted by Gasteiger charge is -2.48. The van der Waals surface area contributed by atoms with Crippen LogP contribution in [0.4, 0.5) is 10.1 Å². The summed E-state index contributed by atoms with van der Waals surface area (Å²) in [6, 6.07) is -3.24. The summed E-state index contributed by atoms with van der Waals surface area (Å²) in [5.41, 5.74) is 2.44. The van der Waals surface area contributed by atoms with E-state index in [0.717, 1.165) is 12.6 Å². The van der Waals surface area contributed by atoms with Gasteiger partial charge in [0.15, 0.2) is 34.7 Å². The number of phenolic OH excluding ortho intramolecular Hbond substituents is 1. The van der Waals surface area contributed by atoms with Gasteiger partial charge in [0.05, 0.1) is 29.3 Å². The van der Waals surface area contributed by atoms with Crippen molar-refractivity contribution >= 4 is 41.1 Å². The molecule has 0 spiro atoms. The number of carbonyl (C=O) groups excluding carboxylic acids is 5. The van der Waals surface area contributed by atoms with Crippen molar-refractivity contribution in [2.75, 3.05) is 26.0 Å². The number of likely N-dealkylation sites (N-methyl/N-ethyl adjacent to an activating group) is 1. The number of amides is 2. The molecule has 13 heteroatoms. The van der Waals surface area contributed by atoms with Crippen LogP contribution in [0.15, 0.2) is 4.99 Å². The smallest absolute Gasteiger partial charge is 0.249 e. The Hall–Kier alpha value is -3.55. The van der Waals surface area contributed by atoms with Gasteiger partial charge in [-0.05, 0) is 52.2 Å². The Bertz CT molecular complexity index is 1430. The van der Waals surface area contributed by atoms with Crippen molar-refractivity contribution < 1.29 is 38.6 Å². The molecule has 7 unspecified atom stereocenters. The first-order valence-corrected chi connectivity index (χ1v) is 13.3. The SMILES string of the molecule is CN(C)C1C(=O)C(C(N)=O)N=CC2(O)C(=O)C3C(=O)c4c(O)c5c(c(F)c4CC3CC12)CN1CCCC1C(=O)N5. The fourth-order valence-electron chi connectivity index (χ4n) is 7.49. The Kier molecular flexibility index (Phi) is 5.99. The van der Waals surface area contributed by atoms with Crippen molar-refractivity contribution in [3.05, 3.63) is 22.5 Å². The van der Waals surface area contributed by atoms with Crippen molar-refractivity contribution in [3.8, 4) is 5.75 Å². The molecule has 1 aromatic carbocycles. The summed E-state index contributed by atoms with van der Waals surface area (Å²) in [7, 11) is 3.11. The molecular formula is C27H30FN5O7. The van der Waals surface area contributed by atoms with E-state index in [1.807, 2.05) is 4.90 Å². The van der Waals surface area contributed by atoms with Gasteiger partial charge in [0, 0.05) is 29.8 Å². The zero-order valence-electron chi connectivity index (χ0n) is 22.0. The van der Waals surface area contributed by atoms with E-state index in [9.17, 15) is 34.2 Å². The lowest BCUT2D eigenvalue weighted by molar-refractivity contribution is -0.150. The summed E-state index contributed by atoms with van der Waals surface area (Å²) in [5.74, 6) is -8.63. The highest BCUT2D eigenvalue weighted by Crippen LogP contribution is 2.51. The number of Topliss-reactive ketones (excluding diaryl/α,β-unsaturated/α-hetero) is 3. The van der Waals surface area contributed by atoms with E-state index < -0.39 is 87.8 Å². The Balaban J connectivity index is 1.46. The third kappa shape index (κ3) is 3.53. The first-order chi connectivity index (χ1) is 18.9.